The van der Waals surface area contributed by atoms with Gasteiger partial charge in [0, 0.05) is 6.54 Å². The average molecular weight is 241 g/mol. The van der Waals surface area contributed by atoms with Crippen LogP contribution < -0.4 is 5.73 Å². The third-order valence-corrected chi connectivity index (χ3v) is 4.07. The summed E-state index contributed by atoms with van der Waals surface area (Å²) < 4.78 is 0. The van der Waals surface area contributed by atoms with Gasteiger partial charge in [-0.25, -0.2) is 0 Å². The summed E-state index contributed by atoms with van der Waals surface area (Å²) in [6.45, 7) is 4.05. The van der Waals surface area contributed by atoms with E-state index in [2.05, 4.69) is 5.38 Å². The van der Waals surface area contributed by atoms with Gasteiger partial charge in [-0.05, 0) is 41.1 Å². The number of nitrogens with two attached hydrogens (primary N) is 1. The summed E-state index contributed by atoms with van der Waals surface area (Å²) in [4.78, 5) is 11.4. The summed E-state index contributed by atoms with van der Waals surface area (Å²) >= 11 is 1.64. The topological polar surface area (TPSA) is 63.3 Å². The Balaban J connectivity index is 2.74. The molecule has 1 aromatic rings. The van der Waals surface area contributed by atoms with Gasteiger partial charge >= 0.3 is 5.97 Å². The second-order valence-corrected chi connectivity index (χ2v) is 5.23. The molecule has 4 heteroatoms. The summed E-state index contributed by atoms with van der Waals surface area (Å²) in [5.41, 5.74) is 6.08. The third-order valence-electron chi connectivity index (χ3n) is 3.34. The second-order valence-electron chi connectivity index (χ2n) is 4.45. The van der Waals surface area contributed by atoms with Gasteiger partial charge in [-0.15, -0.1) is 0 Å². The van der Waals surface area contributed by atoms with Gasteiger partial charge in [0.1, 0.15) is 0 Å². The second kappa shape index (κ2) is 5.46. The van der Waals surface area contributed by atoms with Gasteiger partial charge in [0.15, 0.2) is 0 Å². The lowest BCUT2D eigenvalue weighted by Crippen LogP contribution is -2.43. The first-order chi connectivity index (χ1) is 7.53. The Labute approximate surface area is 100 Å². The SMILES string of the molecule is CC(C)C(CN)(CCc1ccsc1)C(=O)O. The van der Waals surface area contributed by atoms with Crippen molar-refractivity contribution < 1.29 is 9.90 Å². The van der Waals surface area contributed by atoms with Gasteiger partial charge in [0.05, 0.1) is 5.41 Å². The van der Waals surface area contributed by atoms with Crippen molar-refractivity contribution in [2.75, 3.05) is 6.54 Å². The molecular weight excluding hydrogens is 222 g/mol. The van der Waals surface area contributed by atoms with Crippen LogP contribution in [0.5, 0.6) is 0 Å². The van der Waals surface area contributed by atoms with Gasteiger partial charge in [-0.2, -0.15) is 11.3 Å². The van der Waals surface area contributed by atoms with Crippen LogP contribution in [0.4, 0.5) is 0 Å². The molecule has 0 aromatic carbocycles. The molecule has 0 aliphatic rings. The molecule has 0 saturated carbocycles. The van der Waals surface area contributed by atoms with Crippen LogP contribution in [-0.4, -0.2) is 17.6 Å². The Kier molecular flexibility index (Phi) is 4.50. The lowest BCUT2D eigenvalue weighted by molar-refractivity contribution is -0.151. The number of aryl methyl sites for hydroxylation is 1. The van der Waals surface area contributed by atoms with Crippen molar-refractivity contribution in [2.45, 2.75) is 26.7 Å². The molecule has 0 aliphatic heterocycles. The zero-order valence-corrected chi connectivity index (χ0v) is 10.6. The summed E-state index contributed by atoms with van der Waals surface area (Å²) in [6, 6.07) is 2.04. The lowest BCUT2D eigenvalue weighted by atomic mass is 9.73. The Morgan fingerprint density at radius 1 is 1.62 bits per heavy atom. The fraction of sp³-hybridized carbons (Fsp3) is 0.583. The van der Waals surface area contributed by atoms with Crippen molar-refractivity contribution in [2.24, 2.45) is 17.1 Å². The smallest absolute Gasteiger partial charge is 0.311 e. The van der Waals surface area contributed by atoms with Crippen LogP contribution >= 0.6 is 11.3 Å². The third kappa shape index (κ3) is 2.62. The molecule has 0 amide bonds. The van der Waals surface area contributed by atoms with Gasteiger partial charge in [-0.1, -0.05) is 13.8 Å². The van der Waals surface area contributed by atoms with Crippen molar-refractivity contribution >= 4 is 17.3 Å². The van der Waals surface area contributed by atoms with E-state index in [4.69, 9.17) is 5.73 Å². The van der Waals surface area contributed by atoms with Crippen LogP contribution in [-0.2, 0) is 11.2 Å². The van der Waals surface area contributed by atoms with Crippen molar-refractivity contribution in [3.8, 4) is 0 Å². The maximum Gasteiger partial charge on any atom is 0.311 e. The quantitative estimate of drug-likeness (QED) is 0.803. The Hall–Kier alpha value is -0.870. The Bertz CT molecular complexity index is 335. The molecule has 1 heterocycles. The minimum absolute atomic E-state index is 0.0497. The summed E-state index contributed by atoms with van der Waals surface area (Å²) in [7, 11) is 0. The van der Waals surface area contributed by atoms with E-state index in [1.165, 1.54) is 5.56 Å². The Morgan fingerprint density at radius 3 is 2.69 bits per heavy atom. The van der Waals surface area contributed by atoms with Gasteiger partial charge in [-0.3, -0.25) is 4.79 Å². The zero-order chi connectivity index (χ0) is 12.2. The number of carbonyl (C=O) groups is 1. The van der Waals surface area contributed by atoms with E-state index in [1.807, 2.05) is 25.3 Å². The van der Waals surface area contributed by atoms with Crippen molar-refractivity contribution in [3.63, 3.8) is 0 Å². The molecule has 0 fully saturated rings. The molecule has 3 N–H and O–H groups in total. The van der Waals surface area contributed by atoms with Crippen LogP contribution in [0.1, 0.15) is 25.8 Å². The average Bonchev–Trinajstić information content (AvgIpc) is 2.71. The first-order valence-electron chi connectivity index (χ1n) is 5.47. The van der Waals surface area contributed by atoms with Crippen LogP contribution in [0.3, 0.4) is 0 Å². The van der Waals surface area contributed by atoms with E-state index in [9.17, 15) is 9.90 Å². The number of rotatable bonds is 6. The van der Waals surface area contributed by atoms with Gasteiger partial charge < -0.3 is 10.8 Å². The summed E-state index contributed by atoms with van der Waals surface area (Å²) in [6.07, 6.45) is 1.39. The van der Waals surface area contributed by atoms with E-state index in [0.717, 1.165) is 6.42 Å². The van der Waals surface area contributed by atoms with Crippen molar-refractivity contribution in [3.05, 3.63) is 22.4 Å². The molecular formula is C12H19NO2S. The molecule has 0 radical (unpaired) electrons. The monoisotopic (exact) mass is 241 g/mol. The molecule has 0 aliphatic carbocycles. The van der Waals surface area contributed by atoms with E-state index in [1.54, 1.807) is 11.3 Å². The predicted molar refractivity (Wildman–Crippen MR) is 66.6 cm³/mol. The van der Waals surface area contributed by atoms with Crippen LogP contribution in [0, 0.1) is 11.3 Å². The maximum absolute atomic E-state index is 11.4. The van der Waals surface area contributed by atoms with Gasteiger partial charge in [0.25, 0.3) is 0 Å². The highest BCUT2D eigenvalue weighted by Crippen LogP contribution is 2.32. The predicted octanol–water partition coefficient (Wildman–Crippen LogP) is 2.37. The standard InChI is InChI=1S/C12H19NO2S/c1-9(2)12(8-13,11(14)15)5-3-10-4-6-16-7-10/h4,6-7,9H,3,5,8,13H2,1-2H3,(H,14,15). The molecule has 90 valence electrons. The fourth-order valence-electron chi connectivity index (χ4n) is 1.87. The molecule has 16 heavy (non-hydrogen) atoms. The highest BCUT2D eigenvalue weighted by Gasteiger charge is 2.39. The normalized spacial score (nSPS) is 15.0. The number of carboxylic acid groups (broad SMARTS) is 1. The van der Waals surface area contributed by atoms with E-state index in [0.29, 0.717) is 6.42 Å². The molecule has 1 aromatic heterocycles. The highest BCUT2D eigenvalue weighted by atomic mass is 32.1. The zero-order valence-electron chi connectivity index (χ0n) is 9.77. The fourth-order valence-corrected chi connectivity index (χ4v) is 2.57. The number of carboxylic acids is 1. The molecule has 0 bridgehead atoms. The highest BCUT2D eigenvalue weighted by molar-refractivity contribution is 7.07. The summed E-state index contributed by atoms with van der Waals surface area (Å²) in [5, 5.41) is 13.4. The van der Waals surface area contributed by atoms with Crippen molar-refractivity contribution in [1.29, 1.82) is 0 Å². The number of thiophene rings is 1. The van der Waals surface area contributed by atoms with E-state index in [-0.39, 0.29) is 12.5 Å². The molecule has 3 nitrogen and oxygen atoms in total. The van der Waals surface area contributed by atoms with Crippen LogP contribution in [0.15, 0.2) is 16.8 Å². The minimum Gasteiger partial charge on any atom is -0.481 e. The number of hydrogen-bond donors (Lipinski definition) is 2. The first kappa shape index (κ1) is 13.2. The van der Waals surface area contributed by atoms with Gasteiger partial charge in [0.2, 0.25) is 0 Å². The lowest BCUT2D eigenvalue weighted by Gasteiger charge is -2.31. The summed E-state index contributed by atoms with van der Waals surface area (Å²) in [5.74, 6) is -0.728. The molecule has 0 spiro atoms. The molecule has 1 unspecified atom stereocenters. The first-order valence-corrected chi connectivity index (χ1v) is 6.41. The molecule has 1 rings (SSSR count). The van der Waals surface area contributed by atoms with E-state index >= 15 is 0 Å². The maximum atomic E-state index is 11.4. The largest absolute Gasteiger partial charge is 0.481 e. The number of hydrogen-bond acceptors (Lipinski definition) is 3. The van der Waals surface area contributed by atoms with Crippen molar-refractivity contribution in [1.82, 2.24) is 0 Å². The minimum atomic E-state index is -0.790. The van der Waals surface area contributed by atoms with Crippen LogP contribution in [0.25, 0.3) is 0 Å². The Morgan fingerprint density at radius 2 is 2.31 bits per heavy atom. The molecule has 1 atom stereocenters. The van der Waals surface area contributed by atoms with Crippen LogP contribution in [0.2, 0.25) is 0 Å². The van der Waals surface area contributed by atoms with E-state index < -0.39 is 11.4 Å². The molecule has 0 saturated heterocycles. The number of aliphatic carboxylic acids is 1.